The van der Waals surface area contributed by atoms with Gasteiger partial charge in [0.05, 0.1) is 12.6 Å². The van der Waals surface area contributed by atoms with Crippen molar-refractivity contribution in [1.82, 2.24) is 0 Å². The topological polar surface area (TPSA) is 38.7 Å². The van der Waals surface area contributed by atoms with Crippen molar-refractivity contribution in [3.8, 4) is 0 Å². The summed E-state index contributed by atoms with van der Waals surface area (Å²) in [5.41, 5.74) is 1.23. The molecule has 94 valence electrons. The predicted octanol–water partition coefficient (Wildman–Crippen LogP) is 2.88. The molecule has 2 unspecified atom stereocenters. The molecule has 0 spiro atoms. The van der Waals surface area contributed by atoms with Gasteiger partial charge in [-0.1, -0.05) is 13.8 Å². The second kappa shape index (κ2) is 9.52. The minimum Gasteiger partial charge on any atom is -0.382 e. The molecule has 16 heavy (non-hydrogen) atoms. The van der Waals surface area contributed by atoms with Crippen LogP contribution in [0, 0.1) is 5.92 Å². The number of carbonyl (C=O) groups excluding carboxylic acids is 1. The standard InChI is InChI=1S/C13H25NO2/c1-5-12(8-7-9-15)13(6-2)14-11(3)10-16-4/h9,11-12H,5-8,10H2,1-4H3. The van der Waals surface area contributed by atoms with Crippen LogP contribution in [0.2, 0.25) is 0 Å². The van der Waals surface area contributed by atoms with Crippen molar-refractivity contribution in [1.29, 1.82) is 0 Å². The number of rotatable bonds is 9. The van der Waals surface area contributed by atoms with Crippen molar-refractivity contribution in [3.63, 3.8) is 0 Å². The Bertz CT molecular complexity index is 214. The maximum atomic E-state index is 10.4. The molecule has 0 fully saturated rings. The lowest BCUT2D eigenvalue weighted by atomic mass is 9.93. The van der Waals surface area contributed by atoms with E-state index in [1.165, 1.54) is 5.71 Å². The van der Waals surface area contributed by atoms with Gasteiger partial charge in [-0.05, 0) is 32.1 Å². The normalized spacial score (nSPS) is 15.9. The average molecular weight is 227 g/mol. The van der Waals surface area contributed by atoms with Crippen molar-refractivity contribution in [2.75, 3.05) is 13.7 Å². The second-order valence-corrected chi connectivity index (χ2v) is 4.13. The van der Waals surface area contributed by atoms with E-state index in [0.717, 1.165) is 25.5 Å². The van der Waals surface area contributed by atoms with Gasteiger partial charge in [0.2, 0.25) is 0 Å². The van der Waals surface area contributed by atoms with Gasteiger partial charge < -0.3 is 9.53 Å². The molecule has 0 amide bonds. The quantitative estimate of drug-likeness (QED) is 0.449. The van der Waals surface area contributed by atoms with Crippen molar-refractivity contribution < 1.29 is 9.53 Å². The van der Waals surface area contributed by atoms with Crippen LogP contribution in [-0.4, -0.2) is 31.8 Å². The summed E-state index contributed by atoms with van der Waals surface area (Å²) in [5.74, 6) is 0.453. The van der Waals surface area contributed by atoms with Gasteiger partial charge in [-0.2, -0.15) is 0 Å². The molecule has 0 aliphatic carbocycles. The van der Waals surface area contributed by atoms with E-state index in [1.54, 1.807) is 7.11 Å². The lowest BCUT2D eigenvalue weighted by molar-refractivity contribution is -0.108. The Kier molecular flexibility index (Phi) is 9.10. The molecule has 0 saturated heterocycles. The van der Waals surface area contributed by atoms with Gasteiger partial charge in [0.15, 0.2) is 0 Å². The first-order valence-corrected chi connectivity index (χ1v) is 6.18. The van der Waals surface area contributed by atoms with E-state index in [4.69, 9.17) is 4.74 Å². The third-order valence-corrected chi connectivity index (χ3v) is 2.75. The van der Waals surface area contributed by atoms with Gasteiger partial charge in [-0.15, -0.1) is 0 Å². The second-order valence-electron chi connectivity index (χ2n) is 4.13. The van der Waals surface area contributed by atoms with E-state index in [0.29, 0.717) is 18.9 Å². The van der Waals surface area contributed by atoms with Gasteiger partial charge in [-0.3, -0.25) is 4.99 Å². The lowest BCUT2D eigenvalue weighted by Crippen LogP contribution is -2.18. The number of ether oxygens (including phenoxy) is 1. The molecule has 0 saturated carbocycles. The molecule has 0 N–H and O–H groups in total. The zero-order valence-electron chi connectivity index (χ0n) is 11.0. The van der Waals surface area contributed by atoms with Gasteiger partial charge >= 0.3 is 0 Å². The molecule has 0 radical (unpaired) electrons. The molecule has 2 atom stereocenters. The van der Waals surface area contributed by atoms with Crippen LogP contribution in [-0.2, 0) is 9.53 Å². The molecule has 3 nitrogen and oxygen atoms in total. The van der Waals surface area contributed by atoms with Crippen LogP contribution in [0.1, 0.15) is 46.5 Å². The molecular formula is C13H25NO2. The van der Waals surface area contributed by atoms with Crippen LogP contribution in [0.4, 0.5) is 0 Å². The third kappa shape index (κ3) is 6.01. The van der Waals surface area contributed by atoms with Gasteiger partial charge in [0.1, 0.15) is 6.29 Å². The Morgan fingerprint density at radius 1 is 1.44 bits per heavy atom. The summed E-state index contributed by atoms with van der Waals surface area (Å²) in [6.07, 6.45) is 4.57. The first-order valence-electron chi connectivity index (χ1n) is 6.18. The molecule has 0 aromatic carbocycles. The molecule has 0 aromatic rings. The smallest absolute Gasteiger partial charge is 0.120 e. The van der Waals surface area contributed by atoms with Gasteiger partial charge in [-0.25, -0.2) is 0 Å². The van der Waals surface area contributed by atoms with E-state index in [2.05, 4.69) is 25.8 Å². The third-order valence-electron chi connectivity index (χ3n) is 2.75. The zero-order valence-corrected chi connectivity index (χ0v) is 11.0. The van der Waals surface area contributed by atoms with Crippen molar-refractivity contribution in [3.05, 3.63) is 0 Å². The molecule has 0 aliphatic heterocycles. The molecule has 0 aliphatic rings. The van der Waals surface area contributed by atoms with Crippen LogP contribution in [0.15, 0.2) is 4.99 Å². The van der Waals surface area contributed by atoms with Crippen LogP contribution in [0.25, 0.3) is 0 Å². The fourth-order valence-corrected chi connectivity index (χ4v) is 1.92. The summed E-state index contributed by atoms with van der Waals surface area (Å²) in [4.78, 5) is 15.1. The van der Waals surface area contributed by atoms with E-state index in [9.17, 15) is 4.79 Å². The highest BCUT2D eigenvalue weighted by Gasteiger charge is 2.13. The summed E-state index contributed by atoms with van der Waals surface area (Å²) in [6.45, 7) is 7.00. The number of aldehydes is 1. The molecule has 3 heteroatoms. The Hall–Kier alpha value is -0.700. The minimum atomic E-state index is 0.213. The van der Waals surface area contributed by atoms with Gasteiger partial charge in [0, 0.05) is 19.2 Å². The summed E-state index contributed by atoms with van der Waals surface area (Å²) in [5, 5.41) is 0. The Morgan fingerprint density at radius 3 is 2.56 bits per heavy atom. The Balaban J connectivity index is 4.45. The first-order chi connectivity index (χ1) is 7.69. The minimum absolute atomic E-state index is 0.213. The summed E-state index contributed by atoms with van der Waals surface area (Å²) >= 11 is 0. The molecule has 0 aromatic heterocycles. The summed E-state index contributed by atoms with van der Waals surface area (Å²) in [7, 11) is 1.70. The van der Waals surface area contributed by atoms with Crippen molar-refractivity contribution in [2.45, 2.75) is 52.5 Å². The van der Waals surface area contributed by atoms with Crippen LogP contribution < -0.4 is 0 Å². The van der Waals surface area contributed by atoms with E-state index < -0.39 is 0 Å². The van der Waals surface area contributed by atoms with Crippen LogP contribution in [0.5, 0.6) is 0 Å². The number of carbonyl (C=O) groups is 1. The van der Waals surface area contributed by atoms with E-state index in [1.807, 2.05) is 0 Å². The van der Waals surface area contributed by atoms with Gasteiger partial charge in [0.25, 0.3) is 0 Å². The lowest BCUT2D eigenvalue weighted by Gasteiger charge is -2.17. The SMILES string of the molecule is CCC(=NC(C)COC)C(CC)CCC=O. The number of methoxy groups -OCH3 is 1. The van der Waals surface area contributed by atoms with E-state index in [-0.39, 0.29) is 6.04 Å². The number of hydrogen-bond acceptors (Lipinski definition) is 3. The molecule has 0 bridgehead atoms. The first kappa shape index (κ1) is 15.3. The van der Waals surface area contributed by atoms with Crippen LogP contribution in [0.3, 0.4) is 0 Å². The van der Waals surface area contributed by atoms with Crippen LogP contribution >= 0.6 is 0 Å². The number of aliphatic imine (C=N–C) groups is 1. The monoisotopic (exact) mass is 227 g/mol. The fourth-order valence-electron chi connectivity index (χ4n) is 1.92. The molecule has 0 rings (SSSR count). The zero-order chi connectivity index (χ0) is 12.4. The maximum absolute atomic E-state index is 10.4. The number of hydrogen-bond donors (Lipinski definition) is 0. The highest BCUT2D eigenvalue weighted by Crippen LogP contribution is 2.15. The largest absolute Gasteiger partial charge is 0.382 e. The molecule has 0 heterocycles. The highest BCUT2D eigenvalue weighted by molar-refractivity contribution is 5.86. The number of nitrogens with zero attached hydrogens (tertiary/aromatic N) is 1. The maximum Gasteiger partial charge on any atom is 0.120 e. The Morgan fingerprint density at radius 2 is 2.12 bits per heavy atom. The summed E-state index contributed by atoms with van der Waals surface area (Å²) in [6, 6.07) is 0.213. The summed E-state index contributed by atoms with van der Waals surface area (Å²) < 4.78 is 5.08. The van der Waals surface area contributed by atoms with Crippen molar-refractivity contribution in [2.24, 2.45) is 10.9 Å². The predicted molar refractivity (Wildman–Crippen MR) is 68.1 cm³/mol. The molecular weight excluding hydrogens is 202 g/mol. The fraction of sp³-hybridized carbons (Fsp3) is 0.846. The average Bonchev–Trinajstić information content (AvgIpc) is 2.28. The highest BCUT2D eigenvalue weighted by atomic mass is 16.5. The Labute approximate surface area is 99.3 Å². The van der Waals surface area contributed by atoms with Crippen molar-refractivity contribution >= 4 is 12.0 Å². The van der Waals surface area contributed by atoms with E-state index >= 15 is 0 Å².